The molecule has 1 atom stereocenters. The zero-order chi connectivity index (χ0) is 9.23. The van der Waals surface area contributed by atoms with Crippen LogP contribution < -0.4 is 5.32 Å². The molecule has 0 fully saturated rings. The second kappa shape index (κ2) is 9.40. The first kappa shape index (κ1) is 12.3. The summed E-state index contributed by atoms with van der Waals surface area (Å²) >= 11 is 2.07. The maximum Gasteiger partial charge on any atom is 0.0129 e. The van der Waals surface area contributed by atoms with Gasteiger partial charge in [0.15, 0.2) is 0 Å². The van der Waals surface area contributed by atoms with E-state index in [2.05, 4.69) is 37.8 Å². The van der Waals surface area contributed by atoms with Gasteiger partial charge >= 0.3 is 0 Å². The fourth-order valence-corrected chi connectivity index (χ4v) is 2.09. The van der Waals surface area contributed by atoms with Crippen LogP contribution in [0.2, 0.25) is 0 Å². The second-order valence-corrected chi connectivity index (χ2v) is 4.43. The third-order valence-corrected chi connectivity index (χ3v) is 3.07. The largest absolute Gasteiger partial charge is 0.313 e. The number of thioether (sulfide) groups is 1. The highest BCUT2D eigenvalue weighted by molar-refractivity contribution is 7.99. The van der Waals surface area contributed by atoms with Crippen LogP contribution >= 0.6 is 11.8 Å². The van der Waals surface area contributed by atoms with E-state index in [1.165, 1.54) is 30.8 Å². The molecule has 2 heteroatoms. The predicted molar refractivity (Wildman–Crippen MR) is 60.0 cm³/mol. The maximum absolute atomic E-state index is 3.49. The molecule has 0 aromatic carbocycles. The van der Waals surface area contributed by atoms with E-state index in [4.69, 9.17) is 0 Å². The van der Waals surface area contributed by atoms with Gasteiger partial charge in [0, 0.05) is 11.8 Å². The van der Waals surface area contributed by atoms with Crippen molar-refractivity contribution in [3.8, 4) is 0 Å². The highest BCUT2D eigenvalue weighted by Crippen LogP contribution is 2.05. The minimum Gasteiger partial charge on any atom is -0.313 e. The summed E-state index contributed by atoms with van der Waals surface area (Å²) in [6, 6.07) is 0.687. The van der Waals surface area contributed by atoms with Gasteiger partial charge < -0.3 is 5.32 Å². The number of hydrogen-bond donors (Lipinski definition) is 1. The minimum atomic E-state index is 0.687. The van der Waals surface area contributed by atoms with Gasteiger partial charge in [0.05, 0.1) is 0 Å². The highest BCUT2D eigenvalue weighted by Gasteiger charge is 1.98. The third kappa shape index (κ3) is 8.41. The van der Waals surface area contributed by atoms with Gasteiger partial charge in [0.1, 0.15) is 0 Å². The van der Waals surface area contributed by atoms with E-state index in [0.717, 1.165) is 6.54 Å². The van der Waals surface area contributed by atoms with Crippen LogP contribution in [-0.4, -0.2) is 24.1 Å². The number of unbranched alkanes of at least 4 members (excludes halogenated alkanes) is 1. The molecule has 0 saturated carbocycles. The van der Waals surface area contributed by atoms with Gasteiger partial charge in [-0.15, -0.1) is 0 Å². The van der Waals surface area contributed by atoms with Crippen LogP contribution in [0.4, 0.5) is 0 Å². The molecule has 0 bridgehead atoms. The van der Waals surface area contributed by atoms with Crippen LogP contribution in [0.25, 0.3) is 0 Å². The molecule has 12 heavy (non-hydrogen) atoms. The molecular weight excluding hydrogens is 166 g/mol. The topological polar surface area (TPSA) is 12.0 Å². The van der Waals surface area contributed by atoms with Crippen molar-refractivity contribution in [2.45, 2.75) is 46.1 Å². The Hall–Kier alpha value is 0.310. The van der Waals surface area contributed by atoms with Gasteiger partial charge in [-0.05, 0) is 32.1 Å². The molecule has 0 radical (unpaired) electrons. The Morgan fingerprint density at radius 2 is 2.00 bits per heavy atom. The van der Waals surface area contributed by atoms with Crippen molar-refractivity contribution >= 4 is 11.8 Å². The molecule has 1 nitrogen and oxygen atoms in total. The monoisotopic (exact) mass is 189 g/mol. The first-order chi connectivity index (χ1) is 5.81. The molecule has 74 valence electrons. The predicted octanol–water partition coefficient (Wildman–Crippen LogP) is 2.91. The van der Waals surface area contributed by atoms with E-state index >= 15 is 0 Å². The molecule has 0 aromatic heterocycles. The quantitative estimate of drug-likeness (QED) is 0.589. The van der Waals surface area contributed by atoms with Gasteiger partial charge in [-0.2, -0.15) is 11.8 Å². The summed E-state index contributed by atoms with van der Waals surface area (Å²) in [5.41, 5.74) is 0. The van der Waals surface area contributed by atoms with Crippen LogP contribution in [0.5, 0.6) is 0 Å². The van der Waals surface area contributed by atoms with Crippen molar-refractivity contribution in [3.05, 3.63) is 0 Å². The van der Waals surface area contributed by atoms with Crippen molar-refractivity contribution in [3.63, 3.8) is 0 Å². The number of hydrogen-bond acceptors (Lipinski definition) is 2. The number of nitrogens with one attached hydrogen (secondary N) is 1. The minimum absolute atomic E-state index is 0.687. The van der Waals surface area contributed by atoms with Crippen LogP contribution in [0.1, 0.15) is 40.0 Å². The lowest BCUT2D eigenvalue weighted by Crippen LogP contribution is -2.28. The lowest BCUT2D eigenvalue weighted by Gasteiger charge is -2.11. The summed E-state index contributed by atoms with van der Waals surface area (Å²) < 4.78 is 0. The summed E-state index contributed by atoms with van der Waals surface area (Å²) in [4.78, 5) is 0. The maximum atomic E-state index is 3.49. The van der Waals surface area contributed by atoms with E-state index in [0.29, 0.717) is 6.04 Å². The average molecular weight is 189 g/mol. The molecule has 0 aliphatic rings. The van der Waals surface area contributed by atoms with Gasteiger partial charge in [-0.25, -0.2) is 0 Å². The molecule has 0 aromatic rings. The zero-order valence-electron chi connectivity index (χ0n) is 8.73. The molecule has 0 heterocycles. The molecule has 0 rings (SSSR count). The smallest absolute Gasteiger partial charge is 0.0129 e. The Balaban J connectivity index is 3.02. The van der Waals surface area contributed by atoms with Gasteiger partial charge in [-0.3, -0.25) is 0 Å². The van der Waals surface area contributed by atoms with E-state index < -0.39 is 0 Å². The van der Waals surface area contributed by atoms with Crippen molar-refractivity contribution in [2.24, 2.45) is 0 Å². The van der Waals surface area contributed by atoms with Crippen LogP contribution in [-0.2, 0) is 0 Å². The third-order valence-electron chi connectivity index (χ3n) is 1.75. The van der Waals surface area contributed by atoms with Gasteiger partial charge in [0.25, 0.3) is 0 Å². The lowest BCUT2D eigenvalue weighted by atomic mass is 10.3. The van der Waals surface area contributed by atoms with Crippen molar-refractivity contribution < 1.29 is 0 Å². The Labute approximate surface area is 81.7 Å². The van der Waals surface area contributed by atoms with Crippen LogP contribution in [0, 0.1) is 0 Å². The normalized spacial score (nSPS) is 13.2. The van der Waals surface area contributed by atoms with Gasteiger partial charge in [-0.1, -0.05) is 20.3 Å². The summed E-state index contributed by atoms with van der Waals surface area (Å²) in [7, 11) is 0. The summed E-state index contributed by atoms with van der Waals surface area (Å²) in [5, 5.41) is 3.49. The SMILES string of the molecule is CCCCSCC(C)NCCC. The van der Waals surface area contributed by atoms with Crippen molar-refractivity contribution in [1.82, 2.24) is 5.32 Å². The molecule has 1 N–H and O–H groups in total. The van der Waals surface area contributed by atoms with E-state index in [1.807, 2.05) is 0 Å². The van der Waals surface area contributed by atoms with E-state index in [9.17, 15) is 0 Å². The van der Waals surface area contributed by atoms with Gasteiger partial charge in [0.2, 0.25) is 0 Å². The summed E-state index contributed by atoms with van der Waals surface area (Å²) in [6.45, 7) is 7.90. The van der Waals surface area contributed by atoms with Crippen LogP contribution in [0.15, 0.2) is 0 Å². The first-order valence-corrected chi connectivity index (χ1v) is 6.27. The summed E-state index contributed by atoms with van der Waals surface area (Å²) in [6.07, 6.45) is 3.93. The summed E-state index contributed by atoms with van der Waals surface area (Å²) in [5.74, 6) is 2.59. The molecule has 0 aliphatic carbocycles. The molecule has 1 unspecified atom stereocenters. The fraction of sp³-hybridized carbons (Fsp3) is 1.00. The zero-order valence-corrected chi connectivity index (χ0v) is 9.54. The fourth-order valence-electron chi connectivity index (χ4n) is 0.956. The molecule has 0 spiro atoms. The Morgan fingerprint density at radius 3 is 2.58 bits per heavy atom. The standard InChI is InChI=1S/C10H23NS/c1-4-6-8-12-9-10(3)11-7-5-2/h10-11H,4-9H2,1-3H3. The molecule has 0 saturated heterocycles. The van der Waals surface area contributed by atoms with Crippen LogP contribution in [0.3, 0.4) is 0 Å². The molecule has 0 aliphatic heterocycles. The van der Waals surface area contributed by atoms with E-state index in [1.54, 1.807) is 0 Å². The number of rotatable bonds is 8. The highest BCUT2D eigenvalue weighted by atomic mass is 32.2. The van der Waals surface area contributed by atoms with E-state index in [-0.39, 0.29) is 0 Å². The first-order valence-electron chi connectivity index (χ1n) is 5.12. The lowest BCUT2D eigenvalue weighted by molar-refractivity contribution is 0.590. The Kier molecular flexibility index (Phi) is 9.64. The Bertz CT molecular complexity index is 85.9. The molecule has 0 amide bonds. The van der Waals surface area contributed by atoms with Crippen molar-refractivity contribution in [2.75, 3.05) is 18.1 Å². The van der Waals surface area contributed by atoms with Crippen molar-refractivity contribution in [1.29, 1.82) is 0 Å². The molecular formula is C10H23NS. The Morgan fingerprint density at radius 1 is 1.25 bits per heavy atom. The second-order valence-electron chi connectivity index (χ2n) is 3.28. The average Bonchev–Trinajstić information content (AvgIpc) is 2.09.